The molecule has 0 aliphatic rings. The molecule has 0 saturated carbocycles. The van der Waals surface area contributed by atoms with E-state index in [0.29, 0.717) is 40.5 Å². The molecule has 0 aliphatic heterocycles. The third-order valence-electron chi connectivity index (χ3n) is 5.92. The summed E-state index contributed by atoms with van der Waals surface area (Å²) in [6, 6.07) is 19.6. The van der Waals surface area contributed by atoms with Gasteiger partial charge in [0, 0.05) is 6.42 Å². The van der Waals surface area contributed by atoms with Gasteiger partial charge in [-0.05, 0) is 121 Å². The lowest BCUT2D eigenvalue weighted by Crippen LogP contribution is -2.37. The average molecular weight is 535 g/mol. The molecule has 0 amide bonds. The molecule has 3 aromatic rings. The zero-order valence-corrected chi connectivity index (χ0v) is 23.7. The van der Waals surface area contributed by atoms with E-state index in [4.69, 9.17) is 18.9 Å². The van der Waals surface area contributed by atoms with E-state index < -0.39 is 23.1 Å². The van der Waals surface area contributed by atoms with Gasteiger partial charge in [0.2, 0.25) is 0 Å². The van der Waals surface area contributed by atoms with Crippen molar-refractivity contribution in [2.75, 3.05) is 0 Å². The number of aliphatic hydroxyl groups is 1. The largest absolute Gasteiger partial charge is 0.488 e. The van der Waals surface area contributed by atoms with Crippen LogP contribution in [0, 0.1) is 0 Å². The van der Waals surface area contributed by atoms with E-state index >= 15 is 0 Å². The smallest absolute Gasteiger partial charge is 0.343 e. The summed E-state index contributed by atoms with van der Waals surface area (Å²) in [5.41, 5.74) is -1.00. The van der Waals surface area contributed by atoms with Gasteiger partial charge in [0.25, 0.3) is 0 Å². The second-order valence-corrected chi connectivity index (χ2v) is 11.4. The number of esters is 2. The van der Waals surface area contributed by atoms with Crippen molar-refractivity contribution >= 4 is 11.9 Å². The number of hydrogen-bond donors (Lipinski definition) is 1. The van der Waals surface area contributed by atoms with E-state index in [1.54, 1.807) is 86.6 Å². The summed E-state index contributed by atoms with van der Waals surface area (Å²) in [5, 5.41) is 10.1. The molecule has 0 fully saturated rings. The van der Waals surface area contributed by atoms with E-state index in [1.165, 1.54) is 0 Å². The third-order valence-corrected chi connectivity index (χ3v) is 5.92. The maximum Gasteiger partial charge on any atom is 0.343 e. The summed E-state index contributed by atoms with van der Waals surface area (Å²) >= 11 is 0. The second kappa shape index (κ2) is 11.9. The van der Waals surface area contributed by atoms with Gasteiger partial charge in [-0.25, -0.2) is 9.59 Å². The van der Waals surface area contributed by atoms with Crippen LogP contribution < -0.4 is 18.9 Å². The first-order valence-corrected chi connectivity index (χ1v) is 13.0. The highest BCUT2D eigenvalue weighted by atomic mass is 16.5. The van der Waals surface area contributed by atoms with Crippen molar-refractivity contribution < 1.29 is 33.6 Å². The van der Waals surface area contributed by atoms with Crippen LogP contribution >= 0.6 is 0 Å². The summed E-state index contributed by atoms with van der Waals surface area (Å²) in [6.07, 6.45) is 1.29. The molecule has 39 heavy (non-hydrogen) atoms. The minimum absolute atomic E-state index is 0.291. The summed E-state index contributed by atoms with van der Waals surface area (Å²) in [5.74, 6) is 0.860. The quantitative estimate of drug-likeness (QED) is 0.209. The molecule has 0 bridgehead atoms. The van der Waals surface area contributed by atoms with Gasteiger partial charge in [0.05, 0.1) is 16.7 Å². The van der Waals surface area contributed by atoms with Crippen molar-refractivity contribution in [3.63, 3.8) is 0 Å². The minimum Gasteiger partial charge on any atom is -0.488 e. The van der Waals surface area contributed by atoms with Crippen molar-refractivity contribution in [3.05, 3.63) is 83.9 Å². The number of ether oxygens (including phenoxy) is 4. The molecule has 208 valence electrons. The average Bonchev–Trinajstić information content (AvgIpc) is 2.84. The van der Waals surface area contributed by atoms with Gasteiger partial charge >= 0.3 is 11.9 Å². The summed E-state index contributed by atoms with van der Waals surface area (Å²) in [6.45, 7) is 13.3. The van der Waals surface area contributed by atoms with E-state index in [2.05, 4.69) is 6.92 Å². The summed E-state index contributed by atoms with van der Waals surface area (Å²) < 4.78 is 22.8. The molecular formula is C32H38O7. The first-order chi connectivity index (χ1) is 18.1. The Kier molecular flexibility index (Phi) is 9.07. The van der Waals surface area contributed by atoms with E-state index in [9.17, 15) is 14.7 Å². The maximum absolute atomic E-state index is 12.6. The number of hydrogen-bond acceptors (Lipinski definition) is 7. The first-order valence-electron chi connectivity index (χ1n) is 13.0. The van der Waals surface area contributed by atoms with Crippen LogP contribution in [0.5, 0.6) is 23.0 Å². The van der Waals surface area contributed by atoms with Gasteiger partial charge in [0.1, 0.15) is 34.2 Å². The Balaban J connectivity index is 1.54. The lowest BCUT2D eigenvalue weighted by Gasteiger charge is -2.32. The Morgan fingerprint density at radius 2 is 0.923 bits per heavy atom. The Hall–Kier alpha value is -3.84. The van der Waals surface area contributed by atoms with Crippen LogP contribution in [0.3, 0.4) is 0 Å². The predicted molar refractivity (Wildman–Crippen MR) is 150 cm³/mol. The van der Waals surface area contributed by atoms with Gasteiger partial charge in [-0.1, -0.05) is 6.92 Å². The van der Waals surface area contributed by atoms with Gasteiger partial charge in [-0.3, -0.25) is 0 Å². The fourth-order valence-electron chi connectivity index (χ4n) is 4.01. The van der Waals surface area contributed by atoms with Crippen molar-refractivity contribution in [3.8, 4) is 23.0 Å². The Morgan fingerprint density at radius 1 is 0.590 bits per heavy atom. The van der Waals surface area contributed by atoms with Crippen LogP contribution in [0.25, 0.3) is 0 Å². The zero-order chi connectivity index (χ0) is 28.8. The molecule has 3 rings (SSSR count). The van der Waals surface area contributed by atoms with E-state index in [1.807, 2.05) is 27.7 Å². The lowest BCUT2D eigenvalue weighted by atomic mass is 9.92. The van der Waals surface area contributed by atoms with Crippen molar-refractivity contribution in [1.82, 2.24) is 0 Å². The van der Waals surface area contributed by atoms with Crippen LogP contribution in [0.15, 0.2) is 72.8 Å². The predicted octanol–water partition coefficient (Wildman–Crippen LogP) is 7.01. The van der Waals surface area contributed by atoms with Crippen LogP contribution in [0.2, 0.25) is 0 Å². The van der Waals surface area contributed by atoms with Gasteiger partial charge in [-0.15, -0.1) is 0 Å². The molecule has 0 atom stereocenters. The van der Waals surface area contributed by atoms with Gasteiger partial charge in [-0.2, -0.15) is 0 Å². The number of rotatable bonds is 11. The molecule has 0 saturated heterocycles. The number of benzene rings is 3. The molecule has 0 heterocycles. The highest BCUT2D eigenvalue weighted by Crippen LogP contribution is 2.27. The molecule has 0 radical (unpaired) electrons. The topological polar surface area (TPSA) is 91.3 Å². The molecule has 0 aromatic heterocycles. The van der Waals surface area contributed by atoms with Crippen LogP contribution in [-0.2, 0) is 0 Å². The SMILES string of the molecule is CCC(C)(C)Oc1ccc(C(=O)Oc2ccc(OC(=O)c3ccc(OC(C)(C)CC(C)(C)O)cc3)cc2)cc1. The Morgan fingerprint density at radius 3 is 1.26 bits per heavy atom. The van der Waals surface area contributed by atoms with Crippen molar-refractivity contribution in [2.24, 2.45) is 0 Å². The molecule has 3 aromatic carbocycles. The van der Waals surface area contributed by atoms with Gasteiger partial charge in [0.15, 0.2) is 0 Å². The van der Waals surface area contributed by atoms with Crippen LogP contribution in [0.1, 0.15) is 82.0 Å². The normalized spacial score (nSPS) is 12.0. The molecule has 1 N–H and O–H groups in total. The Bertz CT molecular complexity index is 1250. The van der Waals surface area contributed by atoms with Crippen molar-refractivity contribution in [2.45, 2.75) is 78.1 Å². The minimum atomic E-state index is -0.867. The molecule has 0 spiro atoms. The third kappa shape index (κ3) is 9.45. The molecule has 7 heteroatoms. The summed E-state index contributed by atoms with van der Waals surface area (Å²) in [4.78, 5) is 25.1. The molecule has 7 nitrogen and oxygen atoms in total. The summed E-state index contributed by atoms with van der Waals surface area (Å²) in [7, 11) is 0. The molecule has 0 unspecified atom stereocenters. The molecular weight excluding hydrogens is 496 g/mol. The van der Waals surface area contributed by atoms with E-state index in [-0.39, 0.29) is 5.60 Å². The monoisotopic (exact) mass is 534 g/mol. The lowest BCUT2D eigenvalue weighted by molar-refractivity contribution is -0.0106. The maximum atomic E-state index is 12.6. The van der Waals surface area contributed by atoms with Gasteiger partial charge < -0.3 is 24.1 Å². The zero-order valence-electron chi connectivity index (χ0n) is 23.7. The number of carbonyl (C=O) groups is 2. The van der Waals surface area contributed by atoms with Crippen molar-refractivity contribution in [1.29, 1.82) is 0 Å². The fourth-order valence-corrected chi connectivity index (χ4v) is 4.01. The Labute approximate surface area is 230 Å². The first kappa shape index (κ1) is 29.7. The second-order valence-electron chi connectivity index (χ2n) is 11.4. The number of carbonyl (C=O) groups excluding carboxylic acids is 2. The standard InChI is InChI=1S/C32H38O7/c1-8-31(4,5)38-26-13-9-22(10-14-26)28(33)36-24-17-19-25(20-18-24)37-29(34)23-11-15-27(16-12-23)39-32(6,7)21-30(2,3)35/h9-20,35H,8,21H2,1-7H3. The van der Waals surface area contributed by atoms with E-state index in [0.717, 1.165) is 6.42 Å². The van der Waals surface area contributed by atoms with Crippen LogP contribution in [-0.4, -0.2) is 33.8 Å². The van der Waals surface area contributed by atoms with Crippen LogP contribution in [0.4, 0.5) is 0 Å². The fraction of sp³-hybridized carbons (Fsp3) is 0.375. The highest BCUT2D eigenvalue weighted by Gasteiger charge is 2.28. The highest BCUT2D eigenvalue weighted by molar-refractivity contribution is 5.92. The molecule has 0 aliphatic carbocycles.